The normalized spacial score (nSPS) is 10.9. The number of nitrogens with zero attached hydrogens (tertiary/aromatic N) is 2. The van der Waals surface area contributed by atoms with Crippen molar-refractivity contribution >= 4 is 43.8 Å². The van der Waals surface area contributed by atoms with E-state index in [0.29, 0.717) is 29.4 Å². The van der Waals surface area contributed by atoms with Crippen molar-refractivity contribution in [3.05, 3.63) is 211 Å². The SMILES string of the molecule is CCOC(=O)c1cccc(-n2c(C)ccc2-c2cc(Br)ccc2OCc2ccc(F)cc2F)c1.Cc1ccc(-c2cc(Br)ccc2OCc2ccc(F)cc2F)n1-c1cccc(C(=O)O)c1. The molecule has 0 aliphatic heterocycles. The van der Waals surface area contributed by atoms with Crippen LogP contribution in [-0.4, -0.2) is 32.8 Å². The lowest BCUT2D eigenvalue weighted by Crippen LogP contribution is -2.07. The molecule has 8 nitrogen and oxygen atoms in total. The second-order valence-corrected chi connectivity index (χ2v) is 16.7. The topological polar surface area (TPSA) is 91.9 Å². The van der Waals surface area contributed by atoms with Crippen LogP contribution in [0.25, 0.3) is 33.9 Å². The monoisotopic (exact) mass is 1020 g/mol. The Kier molecular flexibility index (Phi) is 14.9. The van der Waals surface area contributed by atoms with Crippen molar-refractivity contribution in [2.45, 2.75) is 34.0 Å². The average molecular weight is 1020 g/mol. The molecule has 0 saturated carbocycles. The molecule has 0 radical (unpaired) electrons. The first-order chi connectivity index (χ1) is 31.7. The third kappa shape index (κ3) is 11.0. The minimum absolute atomic E-state index is 0.0568. The van der Waals surface area contributed by atoms with E-state index in [2.05, 4.69) is 31.9 Å². The van der Waals surface area contributed by atoms with Crippen molar-refractivity contribution in [1.82, 2.24) is 9.13 Å². The van der Waals surface area contributed by atoms with Gasteiger partial charge in [0.15, 0.2) is 0 Å². The molecular formula is C52H40Br2F4N2O6. The van der Waals surface area contributed by atoms with Crippen LogP contribution in [0.1, 0.15) is 50.2 Å². The van der Waals surface area contributed by atoms with Crippen LogP contribution in [0.15, 0.2) is 155 Å². The van der Waals surface area contributed by atoms with Crippen LogP contribution in [-0.2, 0) is 18.0 Å². The van der Waals surface area contributed by atoms with E-state index in [9.17, 15) is 32.3 Å². The van der Waals surface area contributed by atoms with Gasteiger partial charge in [-0.15, -0.1) is 0 Å². The first-order valence-electron chi connectivity index (χ1n) is 20.4. The van der Waals surface area contributed by atoms with Crippen molar-refractivity contribution in [3.63, 3.8) is 0 Å². The van der Waals surface area contributed by atoms with Gasteiger partial charge in [0.1, 0.15) is 48.0 Å². The van der Waals surface area contributed by atoms with Crippen molar-refractivity contribution < 1.29 is 46.5 Å². The molecule has 2 heterocycles. The first-order valence-corrected chi connectivity index (χ1v) is 22.0. The predicted molar refractivity (Wildman–Crippen MR) is 252 cm³/mol. The zero-order chi connectivity index (χ0) is 47.1. The summed E-state index contributed by atoms with van der Waals surface area (Å²) in [4.78, 5) is 23.7. The Morgan fingerprint density at radius 2 is 1.02 bits per heavy atom. The van der Waals surface area contributed by atoms with E-state index >= 15 is 0 Å². The van der Waals surface area contributed by atoms with Gasteiger partial charge in [0.2, 0.25) is 0 Å². The lowest BCUT2D eigenvalue weighted by Gasteiger charge is -2.17. The average Bonchev–Trinajstić information content (AvgIpc) is 3.88. The van der Waals surface area contributed by atoms with E-state index in [4.69, 9.17) is 14.2 Å². The quantitative estimate of drug-likeness (QED) is 0.0914. The van der Waals surface area contributed by atoms with Crippen LogP contribution in [0.4, 0.5) is 17.6 Å². The van der Waals surface area contributed by atoms with E-state index in [1.54, 1.807) is 49.4 Å². The van der Waals surface area contributed by atoms with Gasteiger partial charge in [0.25, 0.3) is 0 Å². The number of ether oxygens (including phenoxy) is 3. The van der Waals surface area contributed by atoms with E-state index in [0.717, 1.165) is 60.7 Å². The largest absolute Gasteiger partial charge is 0.488 e. The van der Waals surface area contributed by atoms with Gasteiger partial charge in [-0.1, -0.05) is 44.0 Å². The fraction of sp³-hybridized carbons (Fsp3) is 0.115. The molecule has 0 bridgehead atoms. The highest BCUT2D eigenvalue weighted by Gasteiger charge is 2.19. The van der Waals surface area contributed by atoms with E-state index in [1.807, 2.05) is 83.6 Å². The zero-order valence-electron chi connectivity index (χ0n) is 35.6. The Hall–Kier alpha value is -6.90. The number of hydrogen-bond donors (Lipinski definition) is 1. The number of aromatic carboxylic acids is 1. The van der Waals surface area contributed by atoms with Crippen molar-refractivity contribution in [2.24, 2.45) is 0 Å². The van der Waals surface area contributed by atoms with Crippen molar-refractivity contribution in [1.29, 1.82) is 0 Å². The maximum Gasteiger partial charge on any atom is 0.338 e. The van der Waals surface area contributed by atoms with Gasteiger partial charge in [0.05, 0.1) is 29.1 Å². The minimum Gasteiger partial charge on any atom is -0.488 e. The van der Waals surface area contributed by atoms with Gasteiger partial charge in [-0.25, -0.2) is 27.2 Å². The van der Waals surface area contributed by atoms with Crippen molar-refractivity contribution in [2.75, 3.05) is 6.61 Å². The highest BCUT2D eigenvalue weighted by molar-refractivity contribution is 9.10. The van der Waals surface area contributed by atoms with E-state index in [-0.39, 0.29) is 35.9 Å². The Balaban J connectivity index is 0.000000197. The standard InChI is InChI=1S/C27H22BrF2NO3.C25H18BrF2NO3/c1-3-33-27(32)18-5-4-6-22(13-18)31-17(2)7-11-25(31)23-14-20(28)9-12-26(23)34-16-19-8-10-21(29)15-24(19)30;1-15-5-9-23(29(15)20-4-2-3-16(11-20)25(30)31)21-12-18(26)7-10-24(21)32-14-17-6-8-19(27)13-22(17)28/h4-15H,3,16H2,1-2H3;2-13H,14H2,1H3,(H,30,31). The van der Waals surface area contributed by atoms with Crippen LogP contribution in [0.3, 0.4) is 0 Å². The minimum atomic E-state index is -1.01. The van der Waals surface area contributed by atoms with Gasteiger partial charge in [-0.3, -0.25) is 0 Å². The maximum absolute atomic E-state index is 14.1. The smallest absolute Gasteiger partial charge is 0.338 e. The number of carbonyl (C=O) groups is 2. The van der Waals surface area contributed by atoms with Crippen LogP contribution in [0.5, 0.6) is 11.5 Å². The fourth-order valence-electron chi connectivity index (χ4n) is 7.19. The zero-order valence-corrected chi connectivity index (χ0v) is 38.8. The fourth-order valence-corrected chi connectivity index (χ4v) is 7.91. The molecule has 6 aromatic carbocycles. The summed E-state index contributed by atoms with van der Waals surface area (Å²) in [5.74, 6) is -2.97. The lowest BCUT2D eigenvalue weighted by atomic mass is 10.1. The van der Waals surface area contributed by atoms with Crippen LogP contribution >= 0.6 is 31.9 Å². The molecule has 0 aliphatic rings. The molecule has 2 aromatic heterocycles. The van der Waals surface area contributed by atoms with Gasteiger partial charge >= 0.3 is 11.9 Å². The maximum atomic E-state index is 14.1. The predicted octanol–water partition coefficient (Wildman–Crippen LogP) is 14.0. The third-order valence-electron chi connectivity index (χ3n) is 10.4. The summed E-state index contributed by atoms with van der Waals surface area (Å²) in [7, 11) is 0. The van der Waals surface area contributed by atoms with Crippen LogP contribution in [0, 0.1) is 37.1 Å². The first kappa shape index (κ1) is 47.1. The third-order valence-corrected chi connectivity index (χ3v) is 11.3. The lowest BCUT2D eigenvalue weighted by molar-refractivity contribution is 0.0525. The molecule has 0 aliphatic carbocycles. The molecule has 0 fully saturated rings. The van der Waals surface area contributed by atoms with Crippen LogP contribution in [0.2, 0.25) is 0 Å². The second-order valence-electron chi connectivity index (χ2n) is 14.8. The van der Waals surface area contributed by atoms with E-state index in [1.165, 1.54) is 30.3 Å². The molecule has 8 aromatic rings. The number of carboxylic acids is 1. The number of aromatic nitrogens is 2. The number of aryl methyl sites for hydroxylation is 2. The Morgan fingerprint density at radius 1 is 0.561 bits per heavy atom. The van der Waals surface area contributed by atoms with Gasteiger partial charge in [-0.2, -0.15) is 0 Å². The van der Waals surface area contributed by atoms with Crippen LogP contribution < -0.4 is 9.47 Å². The highest BCUT2D eigenvalue weighted by Crippen LogP contribution is 2.38. The summed E-state index contributed by atoms with van der Waals surface area (Å²) in [5, 5.41) is 9.37. The number of carboxylic acid groups (broad SMARTS) is 1. The molecule has 0 unspecified atom stereocenters. The highest BCUT2D eigenvalue weighted by atomic mass is 79.9. The number of hydrogen-bond acceptors (Lipinski definition) is 5. The Labute approximate surface area is 394 Å². The van der Waals surface area contributed by atoms with Gasteiger partial charge in [-0.05, 0) is 142 Å². The summed E-state index contributed by atoms with van der Waals surface area (Å²) in [5.41, 5.74) is 7.57. The number of esters is 1. The summed E-state index contributed by atoms with van der Waals surface area (Å²) in [6.07, 6.45) is 0. The molecule has 336 valence electrons. The number of carbonyl (C=O) groups excluding carboxylic acids is 1. The molecule has 1 N–H and O–H groups in total. The molecular weight excluding hydrogens is 984 g/mol. The summed E-state index contributed by atoms with van der Waals surface area (Å²) in [6, 6.07) is 39.4. The Bertz CT molecular complexity index is 3080. The van der Waals surface area contributed by atoms with Gasteiger partial charge in [0, 0.05) is 66.1 Å². The van der Waals surface area contributed by atoms with Gasteiger partial charge < -0.3 is 28.5 Å². The molecule has 0 spiro atoms. The summed E-state index contributed by atoms with van der Waals surface area (Å²) >= 11 is 7.00. The molecule has 8 rings (SSSR count). The summed E-state index contributed by atoms with van der Waals surface area (Å²) in [6.45, 7) is 5.82. The van der Waals surface area contributed by atoms with E-state index < -0.39 is 29.2 Å². The molecule has 14 heteroatoms. The number of halogens is 6. The van der Waals surface area contributed by atoms with Crippen molar-refractivity contribution in [3.8, 4) is 45.4 Å². The molecule has 0 saturated heterocycles. The summed E-state index contributed by atoms with van der Waals surface area (Å²) < 4.78 is 77.3. The number of rotatable bonds is 13. The molecule has 0 atom stereocenters. The second kappa shape index (κ2) is 20.9. The molecule has 0 amide bonds. The number of benzene rings is 6. The molecule has 66 heavy (non-hydrogen) atoms. The Morgan fingerprint density at radius 3 is 1.45 bits per heavy atom.